The van der Waals surface area contributed by atoms with Crippen molar-refractivity contribution < 1.29 is 39.0 Å². The number of carbonyl (C=O) groups is 3. The van der Waals surface area contributed by atoms with Gasteiger partial charge in [0.05, 0.1) is 12.0 Å². The van der Waals surface area contributed by atoms with Crippen molar-refractivity contribution in [3.63, 3.8) is 0 Å². The summed E-state index contributed by atoms with van der Waals surface area (Å²) in [6, 6.07) is 2.42. The molecule has 1 aromatic heterocycles. The Morgan fingerprint density at radius 2 is 1.90 bits per heavy atom. The molecule has 2 N–H and O–H groups in total. The van der Waals surface area contributed by atoms with Gasteiger partial charge in [0.25, 0.3) is 5.91 Å². The normalized spacial score (nSPS) is 24.7. The maximum Gasteiger partial charge on any atom is 0.534 e. The van der Waals surface area contributed by atoms with E-state index in [-0.39, 0.29) is 17.7 Å². The zero-order valence-corrected chi connectivity index (χ0v) is 16.1. The first-order chi connectivity index (χ1) is 13.8. The number of amides is 1. The molecule has 1 amide bonds. The highest BCUT2D eigenvalue weighted by Gasteiger charge is 2.36. The van der Waals surface area contributed by atoms with Gasteiger partial charge in [-0.3, -0.25) is 4.79 Å². The lowest BCUT2D eigenvalue weighted by Gasteiger charge is -2.28. The number of hydrogen-bond donors (Lipinski definition) is 2. The van der Waals surface area contributed by atoms with E-state index in [1.54, 1.807) is 19.1 Å². The molecule has 2 unspecified atom stereocenters. The Hall–Kier alpha value is -3.17. The van der Waals surface area contributed by atoms with E-state index >= 15 is 0 Å². The maximum atomic E-state index is 12.6. The third-order valence-corrected chi connectivity index (χ3v) is 5.06. The minimum Gasteiger partial charge on any atom is -0.492 e. The summed E-state index contributed by atoms with van der Waals surface area (Å²) in [6.07, 6.45) is 4.69. The highest BCUT2D eigenvalue weighted by Crippen LogP contribution is 2.33. The number of hydrogen-bond acceptors (Lipinski definition) is 8. The minimum atomic E-state index is -0.934. The van der Waals surface area contributed by atoms with E-state index in [1.165, 1.54) is 12.1 Å². The van der Waals surface area contributed by atoms with Crippen LogP contribution in [0.3, 0.4) is 0 Å². The van der Waals surface area contributed by atoms with E-state index in [0.717, 1.165) is 5.06 Å². The van der Waals surface area contributed by atoms with E-state index in [0.29, 0.717) is 49.8 Å². The van der Waals surface area contributed by atoms with E-state index in [1.807, 2.05) is 0 Å². The quantitative estimate of drug-likeness (QED) is 0.572. The smallest absolute Gasteiger partial charge is 0.492 e. The van der Waals surface area contributed by atoms with Crippen LogP contribution in [0.2, 0.25) is 0 Å². The molecule has 1 fully saturated rings. The Bertz CT molecular complexity index is 798. The first-order valence-corrected chi connectivity index (χ1v) is 9.46. The van der Waals surface area contributed by atoms with Crippen LogP contribution >= 0.6 is 0 Å². The van der Waals surface area contributed by atoms with Crippen LogP contribution in [-0.2, 0) is 19.2 Å². The standard InChI is InChI=1S/C19H24N2O8/c1-19(17(25)28-21-15(23)8-9-16(21)24)10-2-5-13(6-3-11-19)27-18(26)29-20-12-4-7-14(20)22/h2,5,8-9,13,23-24H,3-4,6-7,10-12H2,1H3. The zero-order valence-electron chi connectivity index (χ0n) is 16.1. The van der Waals surface area contributed by atoms with Crippen molar-refractivity contribution in [3.8, 4) is 11.8 Å². The lowest BCUT2D eigenvalue weighted by Crippen LogP contribution is -2.36. The minimum absolute atomic E-state index is 0.246. The second-order valence-electron chi connectivity index (χ2n) is 7.41. The van der Waals surface area contributed by atoms with E-state index in [4.69, 9.17) is 14.4 Å². The molecule has 10 heteroatoms. The fourth-order valence-electron chi connectivity index (χ4n) is 3.30. The second kappa shape index (κ2) is 8.46. The molecule has 2 atom stereocenters. The van der Waals surface area contributed by atoms with Gasteiger partial charge in [-0.05, 0) is 45.1 Å². The van der Waals surface area contributed by atoms with Crippen LogP contribution in [-0.4, -0.2) is 50.7 Å². The predicted octanol–water partition coefficient (Wildman–Crippen LogP) is 2.05. The van der Waals surface area contributed by atoms with Gasteiger partial charge in [0.1, 0.15) is 6.10 Å². The van der Waals surface area contributed by atoms with Crippen molar-refractivity contribution in [2.24, 2.45) is 5.41 Å². The summed E-state index contributed by atoms with van der Waals surface area (Å²) in [5.74, 6) is -1.62. The third-order valence-electron chi connectivity index (χ3n) is 5.06. The van der Waals surface area contributed by atoms with E-state index in [9.17, 15) is 24.6 Å². The summed E-state index contributed by atoms with van der Waals surface area (Å²) in [5.41, 5.74) is -0.882. The number of aromatic hydroxyl groups is 2. The summed E-state index contributed by atoms with van der Waals surface area (Å²) in [4.78, 5) is 46.0. The molecule has 1 aliphatic carbocycles. The van der Waals surface area contributed by atoms with Crippen LogP contribution in [0.1, 0.15) is 45.4 Å². The first kappa shape index (κ1) is 20.6. The third kappa shape index (κ3) is 4.82. The molecule has 0 saturated carbocycles. The highest BCUT2D eigenvalue weighted by atomic mass is 16.8. The van der Waals surface area contributed by atoms with Crippen LogP contribution in [0.5, 0.6) is 11.8 Å². The van der Waals surface area contributed by atoms with Gasteiger partial charge in [-0.25, -0.2) is 9.59 Å². The molecule has 1 aliphatic heterocycles. The summed E-state index contributed by atoms with van der Waals surface area (Å²) >= 11 is 0. The van der Waals surface area contributed by atoms with Crippen LogP contribution in [0, 0.1) is 5.41 Å². The molecular formula is C19H24N2O8. The highest BCUT2D eigenvalue weighted by molar-refractivity contribution is 5.78. The summed E-state index contributed by atoms with van der Waals surface area (Å²) in [7, 11) is 0. The first-order valence-electron chi connectivity index (χ1n) is 9.46. The zero-order chi connectivity index (χ0) is 21.0. The lowest BCUT2D eigenvalue weighted by atomic mass is 9.80. The molecule has 3 rings (SSSR count). The van der Waals surface area contributed by atoms with Crippen LogP contribution in [0.15, 0.2) is 24.3 Å². The number of rotatable bonds is 4. The Morgan fingerprint density at radius 1 is 1.17 bits per heavy atom. The summed E-state index contributed by atoms with van der Waals surface area (Å²) < 4.78 is 5.92. The van der Waals surface area contributed by atoms with Gasteiger partial charge in [-0.2, -0.15) is 5.06 Å². The molecule has 158 valence electrons. The van der Waals surface area contributed by atoms with E-state index in [2.05, 4.69) is 0 Å². The Kier molecular flexibility index (Phi) is 6.00. The second-order valence-corrected chi connectivity index (χ2v) is 7.41. The number of allylic oxidation sites excluding steroid dienone is 1. The molecule has 1 aromatic rings. The van der Waals surface area contributed by atoms with Gasteiger partial charge in [0.2, 0.25) is 11.8 Å². The molecule has 0 radical (unpaired) electrons. The average molecular weight is 408 g/mol. The van der Waals surface area contributed by atoms with Crippen molar-refractivity contribution >= 4 is 18.0 Å². The Balaban J connectivity index is 1.55. The number of aromatic nitrogens is 1. The lowest BCUT2D eigenvalue weighted by molar-refractivity contribution is -0.166. The maximum absolute atomic E-state index is 12.6. The molecule has 0 aromatic carbocycles. The van der Waals surface area contributed by atoms with E-state index < -0.39 is 23.6 Å². The molecular weight excluding hydrogens is 384 g/mol. The van der Waals surface area contributed by atoms with Gasteiger partial charge in [0.15, 0.2) is 0 Å². The van der Waals surface area contributed by atoms with Gasteiger partial charge in [-0.1, -0.05) is 6.08 Å². The van der Waals surface area contributed by atoms with Crippen molar-refractivity contribution in [2.45, 2.75) is 51.6 Å². The van der Waals surface area contributed by atoms with Crippen molar-refractivity contribution in [1.82, 2.24) is 9.79 Å². The fourth-order valence-corrected chi connectivity index (χ4v) is 3.30. The molecule has 0 spiro atoms. The van der Waals surface area contributed by atoms with Crippen LogP contribution in [0.4, 0.5) is 4.79 Å². The van der Waals surface area contributed by atoms with Gasteiger partial charge in [0, 0.05) is 18.6 Å². The number of nitrogens with zero attached hydrogens (tertiary/aromatic N) is 2. The molecule has 2 heterocycles. The fraction of sp³-hybridized carbons (Fsp3) is 0.526. The summed E-state index contributed by atoms with van der Waals surface area (Å²) in [5, 5.41) is 20.3. The van der Waals surface area contributed by atoms with Gasteiger partial charge in [-0.15, -0.1) is 4.73 Å². The van der Waals surface area contributed by atoms with Gasteiger partial charge < -0.3 is 24.6 Å². The molecule has 29 heavy (non-hydrogen) atoms. The van der Waals surface area contributed by atoms with Crippen LogP contribution < -0.4 is 4.84 Å². The monoisotopic (exact) mass is 408 g/mol. The molecule has 2 aliphatic rings. The topological polar surface area (TPSA) is 128 Å². The summed E-state index contributed by atoms with van der Waals surface area (Å²) in [6.45, 7) is 2.09. The molecule has 0 bridgehead atoms. The molecule has 10 nitrogen and oxygen atoms in total. The number of hydroxylamine groups is 2. The van der Waals surface area contributed by atoms with Crippen molar-refractivity contribution in [3.05, 3.63) is 24.3 Å². The molecule has 1 saturated heterocycles. The van der Waals surface area contributed by atoms with Crippen LogP contribution in [0.25, 0.3) is 0 Å². The average Bonchev–Trinajstić information content (AvgIpc) is 3.19. The Labute approximate surface area is 167 Å². The predicted molar refractivity (Wildman–Crippen MR) is 97.4 cm³/mol. The SMILES string of the molecule is CC1(C(=O)On2c(O)ccc2O)CC=CC(OC(=O)ON2CCCC2=O)CCC1. The van der Waals surface area contributed by atoms with Gasteiger partial charge >= 0.3 is 12.1 Å². The van der Waals surface area contributed by atoms with Crippen molar-refractivity contribution in [2.75, 3.05) is 6.54 Å². The largest absolute Gasteiger partial charge is 0.534 e. The van der Waals surface area contributed by atoms with Crippen molar-refractivity contribution in [1.29, 1.82) is 0 Å². The number of carbonyl (C=O) groups excluding carboxylic acids is 3. The number of ether oxygens (including phenoxy) is 1. The Morgan fingerprint density at radius 3 is 2.55 bits per heavy atom.